The van der Waals surface area contributed by atoms with Crippen molar-refractivity contribution in [1.29, 1.82) is 0 Å². The highest BCUT2D eigenvalue weighted by Crippen LogP contribution is 2.48. The number of hydrogen-bond acceptors (Lipinski definition) is 3. The highest BCUT2D eigenvalue weighted by Gasteiger charge is 2.38. The molecule has 21 heavy (non-hydrogen) atoms. The van der Waals surface area contributed by atoms with Crippen molar-refractivity contribution in [2.24, 2.45) is 5.92 Å². The van der Waals surface area contributed by atoms with E-state index in [0.29, 0.717) is 17.0 Å². The molecule has 2 fully saturated rings. The zero-order valence-corrected chi connectivity index (χ0v) is 15.5. The van der Waals surface area contributed by atoms with Crippen molar-refractivity contribution < 1.29 is 5.11 Å². The van der Waals surface area contributed by atoms with Crippen LogP contribution in [0.1, 0.15) is 24.4 Å². The standard InChI is InChI=1S/C14H18BrClN2O.2ClH/c15-10-7-11(14(19)12(16)8-10)13(9-1-2-9)18-5-3-17-4-6-18;;/h7-9,13,17,19H,1-6H2;2*1H/t13-;;/m0../s1. The monoisotopic (exact) mass is 416 g/mol. The van der Waals surface area contributed by atoms with Gasteiger partial charge in [0.05, 0.1) is 5.02 Å². The normalized spacial score (nSPS) is 20.3. The summed E-state index contributed by atoms with van der Waals surface area (Å²) >= 11 is 9.60. The van der Waals surface area contributed by atoms with E-state index < -0.39 is 0 Å². The van der Waals surface area contributed by atoms with Gasteiger partial charge in [-0.3, -0.25) is 4.90 Å². The van der Waals surface area contributed by atoms with Gasteiger partial charge in [0.2, 0.25) is 0 Å². The summed E-state index contributed by atoms with van der Waals surface area (Å²) < 4.78 is 0.936. The largest absolute Gasteiger partial charge is 0.506 e. The number of nitrogens with one attached hydrogen (secondary N) is 1. The van der Waals surface area contributed by atoms with Crippen LogP contribution in [-0.2, 0) is 0 Å². The Morgan fingerprint density at radius 3 is 2.43 bits per heavy atom. The van der Waals surface area contributed by atoms with Gasteiger partial charge in [-0.05, 0) is 30.9 Å². The minimum atomic E-state index is 0. The molecule has 0 bridgehead atoms. The number of benzene rings is 1. The van der Waals surface area contributed by atoms with Crippen LogP contribution in [0.2, 0.25) is 5.02 Å². The fourth-order valence-electron chi connectivity index (χ4n) is 2.93. The van der Waals surface area contributed by atoms with E-state index in [-0.39, 0.29) is 30.6 Å². The fraction of sp³-hybridized carbons (Fsp3) is 0.571. The Hall–Kier alpha value is 0.290. The van der Waals surface area contributed by atoms with Gasteiger partial charge in [-0.15, -0.1) is 24.8 Å². The molecule has 0 spiro atoms. The first kappa shape index (κ1) is 19.3. The van der Waals surface area contributed by atoms with E-state index in [2.05, 4.69) is 26.1 Å². The zero-order valence-electron chi connectivity index (χ0n) is 11.5. The van der Waals surface area contributed by atoms with Crippen molar-refractivity contribution in [1.82, 2.24) is 10.2 Å². The quantitative estimate of drug-likeness (QED) is 0.779. The maximum absolute atomic E-state index is 10.3. The molecule has 3 nitrogen and oxygen atoms in total. The van der Waals surface area contributed by atoms with Crippen LogP contribution >= 0.6 is 52.3 Å². The number of halogens is 4. The summed E-state index contributed by atoms with van der Waals surface area (Å²) in [6, 6.07) is 4.08. The van der Waals surface area contributed by atoms with Crippen LogP contribution in [0.5, 0.6) is 5.75 Å². The Morgan fingerprint density at radius 2 is 1.86 bits per heavy atom. The Morgan fingerprint density at radius 1 is 1.24 bits per heavy atom. The second-order valence-electron chi connectivity index (χ2n) is 5.39. The topological polar surface area (TPSA) is 35.5 Å². The van der Waals surface area contributed by atoms with E-state index in [1.54, 1.807) is 6.07 Å². The van der Waals surface area contributed by atoms with Gasteiger partial charge in [0.1, 0.15) is 5.75 Å². The Balaban J connectivity index is 0.00000110. The van der Waals surface area contributed by atoms with E-state index in [9.17, 15) is 5.11 Å². The molecule has 120 valence electrons. The highest BCUT2D eigenvalue weighted by molar-refractivity contribution is 9.10. The molecule has 1 aliphatic carbocycles. The third-order valence-corrected chi connectivity index (χ3v) is 4.74. The van der Waals surface area contributed by atoms with Crippen LogP contribution in [0.3, 0.4) is 0 Å². The summed E-state index contributed by atoms with van der Waals surface area (Å²) in [6.45, 7) is 4.10. The van der Waals surface area contributed by atoms with Crippen molar-refractivity contribution in [3.05, 3.63) is 27.2 Å². The minimum Gasteiger partial charge on any atom is -0.506 e. The van der Waals surface area contributed by atoms with Crippen molar-refractivity contribution in [3.63, 3.8) is 0 Å². The Bertz CT molecular complexity index is 480. The van der Waals surface area contributed by atoms with Crippen LogP contribution in [0.25, 0.3) is 0 Å². The lowest BCUT2D eigenvalue weighted by Gasteiger charge is -2.36. The number of rotatable bonds is 3. The molecule has 0 unspecified atom stereocenters. The number of piperazine rings is 1. The van der Waals surface area contributed by atoms with Crippen LogP contribution in [0, 0.1) is 5.92 Å². The lowest BCUT2D eigenvalue weighted by molar-refractivity contribution is 0.153. The van der Waals surface area contributed by atoms with Gasteiger partial charge in [-0.1, -0.05) is 27.5 Å². The van der Waals surface area contributed by atoms with Crippen LogP contribution in [0.4, 0.5) is 0 Å². The first-order valence-electron chi connectivity index (χ1n) is 6.79. The van der Waals surface area contributed by atoms with E-state index in [4.69, 9.17) is 11.6 Å². The van der Waals surface area contributed by atoms with Gasteiger partial charge in [-0.2, -0.15) is 0 Å². The second-order valence-corrected chi connectivity index (χ2v) is 6.72. The average molecular weight is 419 g/mol. The van der Waals surface area contributed by atoms with Gasteiger partial charge in [0, 0.05) is 42.3 Å². The molecule has 2 N–H and O–H groups in total. The van der Waals surface area contributed by atoms with E-state index in [1.807, 2.05) is 6.07 Å². The number of hydrogen-bond donors (Lipinski definition) is 2. The number of nitrogens with zero attached hydrogens (tertiary/aromatic N) is 1. The Labute approximate surface area is 151 Å². The van der Waals surface area contributed by atoms with E-state index in [1.165, 1.54) is 12.8 Å². The van der Waals surface area contributed by atoms with Gasteiger partial charge >= 0.3 is 0 Å². The molecule has 3 rings (SSSR count). The van der Waals surface area contributed by atoms with Crippen LogP contribution < -0.4 is 5.32 Å². The average Bonchev–Trinajstić information content (AvgIpc) is 3.21. The Kier molecular flexibility index (Phi) is 7.58. The summed E-state index contributed by atoms with van der Waals surface area (Å²) in [4.78, 5) is 2.48. The molecule has 0 amide bonds. The second kappa shape index (κ2) is 8.23. The minimum absolute atomic E-state index is 0. The van der Waals surface area contributed by atoms with Crippen LogP contribution in [0.15, 0.2) is 16.6 Å². The van der Waals surface area contributed by atoms with Gasteiger partial charge in [-0.25, -0.2) is 0 Å². The first-order valence-corrected chi connectivity index (χ1v) is 7.96. The van der Waals surface area contributed by atoms with Gasteiger partial charge < -0.3 is 10.4 Å². The maximum Gasteiger partial charge on any atom is 0.139 e. The molecule has 7 heteroatoms. The molecule has 1 aromatic rings. The molecular formula is C14H20BrCl3N2O. The fourth-order valence-corrected chi connectivity index (χ4v) is 3.77. The van der Waals surface area contributed by atoms with Crippen molar-refractivity contribution in [2.45, 2.75) is 18.9 Å². The number of phenols is 1. The molecule has 1 heterocycles. The van der Waals surface area contributed by atoms with E-state index >= 15 is 0 Å². The predicted octanol–water partition coefficient (Wildman–Crippen LogP) is 4.01. The summed E-state index contributed by atoms with van der Waals surface area (Å²) in [5.74, 6) is 0.912. The first-order chi connectivity index (χ1) is 9.16. The molecular weight excluding hydrogens is 398 g/mol. The molecule has 1 saturated heterocycles. The molecule has 1 atom stereocenters. The molecule has 1 aromatic carbocycles. The van der Waals surface area contributed by atoms with Crippen molar-refractivity contribution >= 4 is 52.3 Å². The van der Waals surface area contributed by atoms with Crippen molar-refractivity contribution in [3.8, 4) is 5.75 Å². The summed E-state index contributed by atoms with van der Waals surface area (Å²) in [7, 11) is 0. The third-order valence-electron chi connectivity index (χ3n) is 3.99. The smallest absolute Gasteiger partial charge is 0.139 e. The zero-order chi connectivity index (χ0) is 13.4. The molecule has 0 radical (unpaired) electrons. The van der Waals surface area contributed by atoms with Crippen molar-refractivity contribution in [2.75, 3.05) is 26.2 Å². The SMILES string of the molecule is Cl.Cl.Oc1c(Cl)cc(Br)cc1[C@H](C1CC1)N1CCNCC1. The third kappa shape index (κ3) is 4.40. The number of aromatic hydroxyl groups is 1. The predicted molar refractivity (Wildman–Crippen MR) is 95.2 cm³/mol. The van der Waals surface area contributed by atoms with Crippen LogP contribution in [-0.4, -0.2) is 36.2 Å². The molecule has 2 aliphatic rings. The molecule has 1 saturated carbocycles. The van der Waals surface area contributed by atoms with Gasteiger partial charge in [0.15, 0.2) is 0 Å². The maximum atomic E-state index is 10.3. The molecule has 0 aromatic heterocycles. The molecule has 1 aliphatic heterocycles. The highest BCUT2D eigenvalue weighted by atomic mass is 79.9. The summed E-state index contributed by atoms with van der Waals surface area (Å²) in [5.41, 5.74) is 0.976. The van der Waals surface area contributed by atoms with E-state index in [0.717, 1.165) is 36.2 Å². The summed E-state index contributed by atoms with van der Waals surface area (Å²) in [5, 5.41) is 14.1. The van der Waals surface area contributed by atoms with Gasteiger partial charge in [0.25, 0.3) is 0 Å². The number of phenolic OH excluding ortho intramolecular Hbond substituents is 1. The lowest BCUT2D eigenvalue weighted by atomic mass is 9.98. The summed E-state index contributed by atoms with van der Waals surface area (Å²) in [6.07, 6.45) is 2.50. The lowest BCUT2D eigenvalue weighted by Crippen LogP contribution is -2.45.